The molecule has 5 heteroatoms. The molecule has 0 bridgehead atoms. The van der Waals surface area contributed by atoms with E-state index in [0.717, 1.165) is 5.75 Å². The second-order valence-electron chi connectivity index (χ2n) is 5.52. The molecule has 0 saturated carbocycles. The van der Waals surface area contributed by atoms with Gasteiger partial charge in [0, 0.05) is 17.3 Å². The lowest BCUT2D eigenvalue weighted by atomic mass is 10.2. The van der Waals surface area contributed by atoms with E-state index < -0.39 is 8.15 Å². The van der Waals surface area contributed by atoms with Crippen molar-refractivity contribution in [2.24, 2.45) is 0 Å². The third-order valence-corrected chi connectivity index (χ3v) is 7.63. The Balaban J connectivity index is 2.60. The summed E-state index contributed by atoms with van der Waals surface area (Å²) >= 11 is 1.86. The van der Waals surface area contributed by atoms with Crippen LogP contribution >= 0.6 is 19.9 Å². The Morgan fingerprint density at radius 3 is 2.52 bits per heavy atom. The van der Waals surface area contributed by atoms with Gasteiger partial charge in [0.15, 0.2) is 0 Å². The summed E-state index contributed by atoms with van der Waals surface area (Å²) < 4.78 is 5.53. The summed E-state index contributed by atoms with van der Waals surface area (Å²) in [6.45, 7) is 8.22. The van der Waals surface area contributed by atoms with Crippen molar-refractivity contribution in [1.82, 2.24) is 5.32 Å². The Hall–Kier alpha value is -0.570. The first-order valence-electron chi connectivity index (χ1n) is 7.19. The molecule has 0 aliphatic heterocycles. The van der Waals surface area contributed by atoms with Crippen LogP contribution in [-0.4, -0.2) is 30.6 Å². The highest BCUT2D eigenvalue weighted by Crippen LogP contribution is 2.50. The van der Waals surface area contributed by atoms with Gasteiger partial charge in [-0.2, -0.15) is 0 Å². The van der Waals surface area contributed by atoms with Crippen molar-refractivity contribution < 1.29 is 9.32 Å². The van der Waals surface area contributed by atoms with Crippen LogP contribution in [-0.2, 0) is 9.32 Å². The number of carbonyl (C=O) groups excluding carboxylic acids is 1. The Morgan fingerprint density at radius 1 is 1.38 bits per heavy atom. The molecule has 3 nitrogen and oxygen atoms in total. The molecule has 0 amide bonds. The first kappa shape index (κ1) is 18.5. The highest BCUT2D eigenvalue weighted by molar-refractivity contribution is 7.99. The number of carbonyl (C=O) groups is 1. The highest BCUT2D eigenvalue weighted by Gasteiger charge is 2.30. The predicted molar refractivity (Wildman–Crippen MR) is 94.0 cm³/mol. The standard InChI is InChI=1S/C16H26NO2PS/c1-6-14(18)19-20(5)16(2,3)12-21-15(17-4)13-10-8-7-9-11-13/h7-11,15,17H,6,12H2,1-5H3. The lowest BCUT2D eigenvalue weighted by Gasteiger charge is -2.31. The number of thioether (sulfide) groups is 1. The van der Waals surface area contributed by atoms with Gasteiger partial charge < -0.3 is 9.84 Å². The molecule has 1 aromatic carbocycles. The smallest absolute Gasteiger partial charge is 0.308 e. The van der Waals surface area contributed by atoms with Gasteiger partial charge in [0.05, 0.1) is 13.5 Å². The van der Waals surface area contributed by atoms with E-state index in [4.69, 9.17) is 4.52 Å². The molecule has 1 aromatic rings. The summed E-state index contributed by atoms with van der Waals surface area (Å²) in [5, 5.41) is 3.60. The maximum absolute atomic E-state index is 11.5. The Morgan fingerprint density at radius 2 is 2.00 bits per heavy atom. The molecular formula is C16H26NO2PS. The maximum Gasteiger partial charge on any atom is 0.308 e. The molecule has 2 atom stereocenters. The molecule has 21 heavy (non-hydrogen) atoms. The molecule has 0 saturated heterocycles. The largest absolute Gasteiger partial charge is 0.445 e. The van der Waals surface area contributed by atoms with Crippen LogP contribution in [0.1, 0.15) is 38.1 Å². The van der Waals surface area contributed by atoms with Gasteiger partial charge in [0.1, 0.15) is 0 Å². The number of benzene rings is 1. The fraction of sp³-hybridized carbons (Fsp3) is 0.562. The van der Waals surface area contributed by atoms with Crippen LogP contribution in [0.2, 0.25) is 0 Å². The van der Waals surface area contributed by atoms with Gasteiger partial charge in [0.25, 0.3) is 0 Å². The van der Waals surface area contributed by atoms with E-state index in [9.17, 15) is 4.79 Å². The van der Waals surface area contributed by atoms with Crippen molar-refractivity contribution in [3.05, 3.63) is 35.9 Å². The minimum atomic E-state index is -0.772. The van der Waals surface area contributed by atoms with Crippen LogP contribution in [0.25, 0.3) is 0 Å². The monoisotopic (exact) mass is 327 g/mol. The van der Waals surface area contributed by atoms with Crippen LogP contribution in [0.4, 0.5) is 0 Å². The van der Waals surface area contributed by atoms with E-state index >= 15 is 0 Å². The van der Waals surface area contributed by atoms with Gasteiger partial charge in [-0.15, -0.1) is 11.8 Å². The van der Waals surface area contributed by atoms with Gasteiger partial charge in [-0.1, -0.05) is 51.1 Å². The third kappa shape index (κ3) is 5.98. The zero-order valence-electron chi connectivity index (χ0n) is 13.6. The molecular weight excluding hydrogens is 301 g/mol. The van der Waals surface area contributed by atoms with E-state index in [1.807, 2.05) is 38.5 Å². The van der Waals surface area contributed by atoms with Gasteiger partial charge in [0.2, 0.25) is 0 Å². The van der Waals surface area contributed by atoms with Crippen molar-refractivity contribution in [3.8, 4) is 0 Å². The van der Waals surface area contributed by atoms with Gasteiger partial charge >= 0.3 is 5.97 Å². The van der Waals surface area contributed by atoms with Crippen molar-refractivity contribution >= 4 is 25.9 Å². The van der Waals surface area contributed by atoms with Crippen LogP contribution in [0.15, 0.2) is 30.3 Å². The minimum absolute atomic E-state index is 0.00525. The van der Waals surface area contributed by atoms with Crippen molar-refractivity contribution in [3.63, 3.8) is 0 Å². The normalized spacial score (nSPS) is 14.5. The Kier molecular flexibility index (Phi) is 7.72. The van der Waals surface area contributed by atoms with E-state index in [1.54, 1.807) is 0 Å². The fourth-order valence-electron chi connectivity index (χ4n) is 1.69. The van der Waals surface area contributed by atoms with E-state index in [1.165, 1.54) is 5.56 Å². The van der Waals surface area contributed by atoms with Crippen LogP contribution in [0, 0.1) is 0 Å². The lowest BCUT2D eigenvalue weighted by molar-refractivity contribution is -0.133. The van der Waals surface area contributed by atoms with Crippen molar-refractivity contribution in [1.29, 1.82) is 0 Å². The zero-order chi connectivity index (χ0) is 15.9. The van der Waals surface area contributed by atoms with Gasteiger partial charge in [-0.3, -0.25) is 4.79 Å². The quantitative estimate of drug-likeness (QED) is 0.567. The second-order valence-corrected chi connectivity index (χ2v) is 9.00. The summed E-state index contributed by atoms with van der Waals surface area (Å²) in [6.07, 6.45) is 0.444. The predicted octanol–water partition coefficient (Wildman–Crippen LogP) is 4.40. The number of hydrogen-bond acceptors (Lipinski definition) is 4. The summed E-state index contributed by atoms with van der Waals surface area (Å²) in [5.74, 6) is 0.835. The van der Waals surface area contributed by atoms with Crippen LogP contribution < -0.4 is 5.32 Å². The average Bonchev–Trinajstić information content (AvgIpc) is 2.48. The molecule has 0 aliphatic rings. The minimum Gasteiger partial charge on any atom is -0.445 e. The summed E-state index contributed by atoms with van der Waals surface area (Å²) in [4.78, 5) is 11.5. The first-order chi connectivity index (χ1) is 9.90. The van der Waals surface area contributed by atoms with E-state index in [-0.39, 0.29) is 16.5 Å². The highest BCUT2D eigenvalue weighted by atomic mass is 32.2. The average molecular weight is 327 g/mol. The van der Waals surface area contributed by atoms with E-state index in [2.05, 4.69) is 43.4 Å². The molecule has 0 aliphatic carbocycles. The SMILES string of the molecule is CCC(=O)OP(C)C(C)(C)CSC(NC)c1ccccc1. The molecule has 0 heterocycles. The third-order valence-electron chi connectivity index (χ3n) is 3.35. The summed E-state index contributed by atoms with van der Waals surface area (Å²) in [7, 11) is 1.20. The summed E-state index contributed by atoms with van der Waals surface area (Å²) in [5.41, 5.74) is 1.27. The van der Waals surface area contributed by atoms with Gasteiger partial charge in [-0.25, -0.2) is 0 Å². The molecule has 1 rings (SSSR count). The second kappa shape index (κ2) is 8.77. The molecule has 0 radical (unpaired) electrons. The molecule has 0 spiro atoms. The molecule has 118 valence electrons. The summed E-state index contributed by atoms with van der Waals surface area (Å²) in [6, 6.07) is 10.4. The topological polar surface area (TPSA) is 38.3 Å². The van der Waals surface area contributed by atoms with Crippen molar-refractivity contribution in [2.75, 3.05) is 19.5 Å². The Labute approximate surface area is 134 Å². The fourth-order valence-corrected chi connectivity index (χ4v) is 4.42. The van der Waals surface area contributed by atoms with Crippen LogP contribution in [0.3, 0.4) is 0 Å². The number of nitrogens with one attached hydrogen (secondary N) is 1. The number of hydrogen-bond donors (Lipinski definition) is 1. The van der Waals surface area contributed by atoms with Gasteiger partial charge in [-0.05, 0) is 19.3 Å². The maximum atomic E-state index is 11.5. The molecule has 0 aromatic heterocycles. The zero-order valence-corrected chi connectivity index (χ0v) is 15.3. The van der Waals surface area contributed by atoms with Crippen LogP contribution in [0.5, 0.6) is 0 Å². The van der Waals surface area contributed by atoms with E-state index in [0.29, 0.717) is 6.42 Å². The molecule has 2 unspecified atom stereocenters. The number of rotatable bonds is 8. The Bertz CT molecular complexity index is 439. The van der Waals surface area contributed by atoms with Crippen molar-refractivity contribution in [2.45, 2.75) is 37.7 Å². The molecule has 0 fully saturated rings. The molecule has 1 N–H and O–H groups in total. The first-order valence-corrected chi connectivity index (χ1v) is 9.94. The lowest BCUT2D eigenvalue weighted by Crippen LogP contribution is -2.25.